The highest BCUT2D eigenvalue weighted by Crippen LogP contribution is 2.22. The van der Waals surface area contributed by atoms with Crippen molar-refractivity contribution in [2.75, 3.05) is 13.2 Å². The van der Waals surface area contributed by atoms with Gasteiger partial charge in [0.15, 0.2) is 0 Å². The molecule has 3 N–H and O–H groups in total. The molecule has 3 nitrogen and oxygen atoms in total. The van der Waals surface area contributed by atoms with Gasteiger partial charge in [-0.3, -0.25) is 0 Å². The molecule has 1 heterocycles. The zero-order valence-electron chi connectivity index (χ0n) is 7.05. The van der Waals surface area contributed by atoms with Crippen LogP contribution in [0.15, 0.2) is 0 Å². The zero-order chi connectivity index (χ0) is 8.32. The number of hydrogen-bond acceptors (Lipinski definition) is 3. The molecule has 0 spiro atoms. The van der Waals surface area contributed by atoms with Gasteiger partial charge in [0.25, 0.3) is 0 Å². The Morgan fingerprint density at radius 3 is 2.82 bits per heavy atom. The Bertz CT molecular complexity index is 119. The van der Waals surface area contributed by atoms with Crippen LogP contribution in [0, 0.1) is 0 Å². The summed E-state index contributed by atoms with van der Waals surface area (Å²) in [5.74, 6) is 0. The van der Waals surface area contributed by atoms with Crippen LogP contribution in [-0.4, -0.2) is 30.0 Å². The molecule has 3 heteroatoms. The van der Waals surface area contributed by atoms with Gasteiger partial charge in [0.2, 0.25) is 0 Å². The first-order valence-corrected chi connectivity index (χ1v) is 4.21. The summed E-state index contributed by atoms with van der Waals surface area (Å²) < 4.78 is 5.40. The van der Waals surface area contributed by atoms with E-state index in [9.17, 15) is 5.11 Å². The first-order valence-electron chi connectivity index (χ1n) is 4.21. The highest BCUT2D eigenvalue weighted by atomic mass is 16.5. The van der Waals surface area contributed by atoms with Crippen LogP contribution in [0.2, 0.25) is 0 Å². The number of ether oxygens (including phenoxy) is 1. The quantitative estimate of drug-likeness (QED) is 0.608. The molecule has 0 radical (unpaired) electrons. The van der Waals surface area contributed by atoms with Crippen LogP contribution in [-0.2, 0) is 4.74 Å². The predicted molar refractivity (Wildman–Crippen MR) is 43.3 cm³/mol. The smallest absolute Gasteiger partial charge is 0.100 e. The van der Waals surface area contributed by atoms with E-state index in [1.165, 1.54) is 0 Å². The molecule has 1 fully saturated rings. The van der Waals surface area contributed by atoms with Gasteiger partial charge in [0.05, 0.1) is 6.10 Å². The van der Waals surface area contributed by atoms with E-state index >= 15 is 0 Å². The molecule has 1 aliphatic heterocycles. The molecular weight excluding hydrogens is 142 g/mol. The molecule has 0 aromatic heterocycles. The topological polar surface area (TPSA) is 55.5 Å². The molecule has 0 aromatic carbocycles. The van der Waals surface area contributed by atoms with Crippen LogP contribution in [0.4, 0.5) is 0 Å². The van der Waals surface area contributed by atoms with Crippen molar-refractivity contribution < 1.29 is 9.84 Å². The minimum atomic E-state index is -0.833. The highest BCUT2D eigenvalue weighted by Gasteiger charge is 2.32. The van der Waals surface area contributed by atoms with Crippen LogP contribution >= 0.6 is 0 Å². The van der Waals surface area contributed by atoms with Crippen LogP contribution < -0.4 is 5.73 Å². The van der Waals surface area contributed by atoms with Crippen molar-refractivity contribution in [2.24, 2.45) is 5.73 Å². The third-order valence-corrected chi connectivity index (χ3v) is 2.29. The van der Waals surface area contributed by atoms with E-state index in [-0.39, 0.29) is 12.6 Å². The molecule has 0 saturated carbocycles. The summed E-state index contributed by atoms with van der Waals surface area (Å²) >= 11 is 0. The van der Waals surface area contributed by atoms with E-state index in [0.29, 0.717) is 0 Å². The lowest BCUT2D eigenvalue weighted by Gasteiger charge is -2.34. The van der Waals surface area contributed by atoms with Gasteiger partial charge in [-0.2, -0.15) is 0 Å². The zero-order valence-corrected chi connectivity index (χ0v) is 7.05. The van der Waals surface area contributed by atoms with E-state index in [0.717, 1.165) is 25.9 Å². The normalized spacial score (nSPS) is 31.4. The van der Waals surface area contributed by atoms with Crippen molar-refractivity contribution in [3.63, 3.8) is 0 Å². The summed E-state index contributed by atoms with van der Waals surface area (Å²) in [6, 6.07) is 0. The molecule has 1 rings (SSSR count). The second-order valence-electron chi connectivity index (χ2n) is 3.42. The van der Waals surface area contributed by atoms with Crippen molar-refractivity contribution >= 4 is 0 Å². The standard InChI is InChI=1S/C8H17NO2/c1-8(10,6-9)7-4-2-3-5-11-7/h7,10H,2-6,9H2,1H3. The Morgan fingerprint density at radius 2 is 2.36 bits per heavy atom. The lowest BCUT2D eigenvalue weighted by Crippen LogP contribution is -2.48. The van der Waals surface area contributed by atoms with Gasteiger partial charge in [0.1, 0.15) is 5.60 Å². The van der Waals surface area contributed by atoms with Gasteiger partial charge < -0.3 is 15.6 Å². The molecule has 2 atom stereocenters. The first kappa shape index (κ1) is 8.97. The molecule has 0 amide bonds. The number of aliphatic hydroxyl groups is 1. The maximum absolute atomic E-state index is 9.70. The molecule has 0 bridgehead atoms. The maximum Gasteiger partial charge on any atom is 0.100 e. The molecular formula is C8H17NO2. The average molecular weight is 159 g/mol. The van der Waals surface area contributed by atoms with E-state index in [1.807, 2.05) is 0 Å². The Hall–Kier alpha value is -0.120. The SMILES string of the molecule is CC(O)(CN)C1CCCCO1. The second-order valence-corrected chi connectivity index (χ2v) is 3.42. The summed E-state index contributed by atoms with van der Waals surface area (Å²) in [4.78, 5) is 0. The maximum atomic E-state index is 9.70. The molecule has 0 aliphatic carbocycles. The van der Waals surface area contributed by atoms with E-state index < -0.39 is 5.60 Å². The lowest BCUT2D eigenvalue weighted by molar-refractivity contribution is -0.112. The van der Waals surface area contributed by atoms with Gasteiger partial charge in [0, 0.05) is 13.2 Å². The highest BCUT2D eigenvalue weighted by molar-refractivity contribution is 4.85. The average Bonchev–Trinajstić information content (AvgIpc) is 2.06. The summed E-state index contributed by atoms with van der Waals surface area (Å²) in [7, 11) is 0. The minimum Gasteiger partial charge on any atom is -0.386 e. The summed E-state index contributed by atoms with van der Waals surface area (Å²) in [5.41, 5.74) is 4.57. The monoisotopic (exact) mass is 159 g/mol. The van der Waals surface area contributed by atoms with Crippen LogP contribution in [0.1, 0.15) is 26.2 Å². The lowest BCUT2D eigenvalue weighted by atomic mass is 9.93. The number of rotatable bonds is 2. The fourth-order valence-corrected chi connectivity index (χ4v) is 1.36. The largest absolute Gasteiger partial charge is 0.386 e. The van der Waals surface area contributed by atoms with Gasteiger partial charge >= 0.3 is 0 Å². The van der Waals surface area contributed by atoms with Crippen molar-refractivity contribution in [3.8, 4) is 0 Å². The second kappa shape index (κ2) is 3.52. The molecule has 11 heavy (non-hydrogen) atoms. The van der Waals surface area contributed by atoms with E-state index in [1.54, 1.807) is 6.92 Å². The predicted octanol–water partition coefficient (Wildman–Crippen LogP) is 0.265. The Morgan fingerprint density at radius 1 is 1.64 bits per heavy atom. The van der Waals surface area contributed by atoms with Crippen LogP contribution in [0.5, 0.6) is 0 Å². The van der Waals surface area contributed by atoms with Crippen molar-refractivity contribution in [3.05, 3.63) is 0 Å². The number of nitrogens with two attached hydrogens (primary N) is 1. The van der Waals surface area contributed by atoms with E-state index in [2.05, 4.69) is 0 Å². The molecule has 2 unspecified atom stereocenters. The molecule has 1 saturated heterocycles. The van der Waals surface area contributed by atoms with Crippen molar-refractivity contribution in [1.29, 1.82) is 0 Å². The Labute approximate surface area is 67.5 Å². The fourth-order valence-electron chi connectivity index (χ4n) is 1.36. The number of hydrogen-bond donors (Lipinski definition) is 2. The van der Waals surface area contributed by atoms with Gasteiger partial charge in [-0.25, -0.2) is 0 Å². The molecule has 0 aromatic rings. The fraction of sp³-hybridized carbons (Fsp3) is 1.00. The third kappa shape index (κ3) is 2.15. The van der Waals surface area contributed by atoms with Crippen molar-refractivity contribution in [2.45, 2.75) is 37.9 Å². The van der Waals surface area contributed by atoms with Crippen LogP contribution in [0.25, 0.3) is 0 Å². The van der Waals surface area contributed by atoms with Gasteiger partial charge in [-0.1, -0.05) is 0 Å². The molecule has 1 aliphatic rings. The van der Waals surface area contributed by atoms with E-state index in [4.69, 9.17) is 10.5 Å². The summed E-state index contributed by atoms with van der Waals surface area (Å²) in [6.07, 6.45) is 3.13. The molecule has 66 valence electrons. The third-order valence-electron chi connectivity index (χ3n) is 2.29. The van der Waals surface area contributed by atoms with Crippen LogP contribution in [0.3, 0.4) is 0 Å². The first-order chi connectivity index (χ1) is 5.17. The summed E-state index contributed by atoms with van der Waals surface area (Å²) in [5, 5.41) is 9.70. The Kier molecular flexibility index (Phi) is 2.87. The minimum absolute atomic E-state index is 0.0544. The Balaban J connectivity index is 2.43. The summed E-state index contributed by atoms with van der Waals surface area (Å²) in [6.45, 7) is 2.78. The van der Waals surface area contributed by atoms with Gasteiger partial charge in [-0.05, 0) is 26.2 Å². The van der Waals surface area contributed by atoms with Gasteiger partial charge in [-0.15, -0.1) is 0 Å². The van der Waals surface area contributed by atoms with Crippen molar-refractivity contribution in [1.82, 2.24) is 0 Å².